The summed E-state index contributed by atoms with van der Waals surface area (Å²) in [7, 11) is -1.99. The summed E-state index contributed by atoms with van der Waals surface area (Å²) in [5, 5.41) is 30.3. The number of aromatic nitrogens is 2. The van der Waals surface area contributed by atoms with Crippen LogP contribution >= 0.6 is 11.8 Å². The lowest BCUT2D eigenvalue weighted by molar-refractivity contribution is -0.150. The van der Waals surface area contributed by atoms with E-state index in [4.69, 9.17) is 56.3 Å². The molecule has 0 saturated carbocycles. The number of hydrogen-bond donors (Lipinski definition) is 4. The van der Waals surface area contributed by atoms with Crippen molar-refractivity contribution in [2.24, 2.45) is 0 Å². The number of carbonyl (C=O) groups is 6. The molecule has 638 valence electrons. The molecule has 0 bridgehead atoms. The molecule has 0 radical (unpaired) electrons. The monoisotopic (exact) mass is 1710 g/mol. The van der Waals surface area contributed by atoms with Crippen molar-refractivity contribution in [3.8, 4) is 63.2 Å². The smallest absolute Gasteiger partial charge is 0.416 e. The number of pyridine rings is 1. The first-order valence-electron chi connectivity index (χ1n) is 39.4. The van der Waals surface area contributed by atoms with Gasteiger partial charge in [0.2, 0.25) is 11.8 Å². The zero-order chi connectivity index (χ0) is 87.0. The molecule has 3 unspecified atom stereocenters. The van der Waals surface area contributed by atoms with Gasteiger partial charge in [0.1, 0.15) is 65.8 Å². The van der Waals surface area contributed by atoms with Gasteiger partial charge in [0, 0.05) is 68.7 Å². The molecule has 2 aliphatic heterocycles. The number of nitrogens with zero attached hydrogens (tertiary/aromatic N) is 4. The van der Waals surface area contributed by atoms with Gasteiger partial charge < -0.3 is 71.5 Å². The minimum Gasteiger partial charge on any atom is -0.497 e. The van der Waals surface area contributed by atoms with E-state index in [2.05, 4.69) is 20.2 Å². The van der Waals surface area contributed by atoms with Gasteiger partial charge in [-0.05, 0) is 188 Å². The number of imide groups is 1. The predicted molar refractivity (Wildman–Crippen MR) is 463 cm³/mol. The van der Waals surface area contributed by atoms with E-state index in [1.807, 2.05) is 177 Å². The minimum absolute atomic E-state index is 0.0575. The number of hydrogen-bond acceptors (Lipinski definition) is 23. The normalized spacial score (nSPS) is 12.9. The van der Waals surface area contributed by atoms with E-state index in [1.165, 1.54) is 7.11 Å². The molecule has 29 heteroatoms. The van der Waals surface area contributed by atoms with E-state index in [0.717, 1.165) is 119 Å². The van der Waals surface area contributed by atoms with Gasteiger partial charge in [-0.1, -0.05) is 133 Å². The lowest BCUT2D eigenvalue weighted by atomic mass is 10.1. The van der Waals surface area contributed by atoms with Crippen LogP contribution < -0.4 is 47.6 Å². The number of aryl methyl sites for hydroxylation is 1. The number of fused-ring (bicyclic) bond motifs is 3. The third-order valence-corrected chi connectivity index (χ3v) is 20.2. The number of ether oxygens (including phenoxy) is 9. The van der Waals surface area contributed by atoms with Gasteiger partial charge in [0.25, 0.3) is 5.24 Å². The molecule has 123 heavy (non-hydrogen) atoms. The van der Waals surface area contributed by atoms with E-state index in [-0.39, 0.29) is 34.4 Å². The van der Waals surface area contributed by atoms with Crippen molar-refractivity contribution < 1.29 is 104 Å². The van der Waals surface area contributed by atoms with E-state index in [0.29, 0.717) is 101 Å². The number of thioether (sulfide) groups is 1. The highest BCUT2D eigenvalue weighted by Crippen LogP contribution is 2.46. The van der Waals surface area contributed by atoms with E-state index < -0.39 is 52.9 Å². The first kappa shape index (κ1) is 90.0. The number of carboxylic acids is 3. The summed E-state index contributed by atoms with van der Waals surface area (Å²) < 4.78 is 83.0. The van der Waals surface area contributed by atoms with Gasteiger partial charge in [-0.15, -0.1) is 0 Å². The molecular formula is C94H93N5O22S2. The van der Waals surface area contributed by atoms with Crippen LogP contribution in [0.4, 0.5) is 21.0 Å². The summed E-state index contributed by atoms with van der Waals surface area (Å²) in [5.74, 6) is 3.68. The molecule has 4 N–H and O–H groups in total. The van der Waals surface area contributed by atoms with Gasteiger partial charge in [0.05, 0.1) is 61.0 Å². The maximum Gasteiger partial charge on any atom is 0.416 e. The maximum atomic E-state index is 12.6. The highest BCUT2D eigenvalue weighted by molar-refractivity contribution is 8.15. The maximum absolute atomic E-state index is 12.6. The molecule has 1 saturated heterocycles. The van der Waals surface area contributed by atoms with Crippen LogP contribution in [0.15, 0.2) is 265 Å². The second-order valence-electron chi connectivity index (χ2n) is 27.8. The van der Waals surface area contributed by atoms with Gasteiger partial charge in [-0.3, -0.25) is 29.6 Å². The number of oxazole rings is 1. The van der Waals surface area contributed by atoms with Crippen molar-refractivity contribution in [3.63, 3.8) is 0 Å². The van der Waals surface area contributed by atoms with Crippen molar-refractivity contribution >= 4 is 79.3 Å². The lowest BCUT2D eigenvalue weighted by Crippen LogP contribution is -2.37. The van der Waals surface area contributed by atoms with Crippen LogP contribution in [0.1, 0.15) is 58.7 Å². The summed E-state index contributed by atoms with van der Waals surface area (Å²) in [4.78, 5) is 81.7. The minimum atomic E-state index is -3.53. The Morgan fingerprint density at radius 3 is 1.62 bits per heavy atom. The standard InChI is InChI=1S/C29H28N2O7.C25H25NO5.C20H16N2O3S.C20H24O7S/c1-20-26(30-28(37-20)22-6-4-3-5-7-22)16-17-36-24-10-8-21(9-11-24)18-31(19-27(32)33)29(34)38-25-14-12-23(35-2)13-15-25;1-2-29-24(25(27)28)17-18-11-13-19(14-12-18)30-16-15-26-20-7-3-5-9-22(20)31-23-10-6-4-8-21(23)26;23-19-18(26-20(24)22-19)9-14-8-15-6-7-16(10-17(15)21-11-14)25-12-13-4-2-1-3-5-13;1-3-25-19(20(21)22)14-16-6-8-17(9-7-16)26-13-12-15-4-10-18(11-5-15)27-28(2,23)24/h3-15H,16-19H2,1-2H3,(H,32,33);3-14,24H,2,15-17H2,1H3,(H,27,28);1-8,10-11,18H,9,12H2,(H,22,23,24);4-11,19H,3,12-14H2,1-2H3,(H,21,22). The number of carboxylic acid groups (broad SMARTS) is 3. The molecule has 2 aromatic heterocycles. The Morgan fingerprint density at radius 2 is 1.07 bits per heavy atom. The average Bonchev–Trinajstić information content (AvgIpc) is 1.46. The van der Waals surface area contributed by atoms with Crippen molar-refractivity contribution in [2.75, 3.05) is 64.4 Å². The molecule has 14 rings (SSSR count). The molecule has 27 nitrogen and oxygen atoms in total. The van der Waals surface area contributed by atoms with Crippen molar-refractivity contribution in [3.05, 3.63) is 306 Å². The summed E-state index contributed by atoms with van der Waals surface area (Å²) in [5.41, 5.74) is 10.1. The zero-order valence-electron chi connectivity index (χ0n) is 68.2. The third-order valence-electron chi connectivity index (χ3n) is 18.7. The third kappa shape index (κ3) is 28.2. The van der Waals surface area contributed by atoms with Crippen LogP contribution in [-0.4, -0.2) is 151 Å². The highest BCUT2D eigenvalue weighted by Gasteiger charge is 2.32. The summed E-state index contributed by atoms with van der Waals surface area (Å²) in [6, 6.07) is 78.4. The van der Waals surface area contributed by atoms with Crippen LogP contribution in [0.2, 0.25) is 0 Å². The SMILES string of the molecule is CCOC(Cc1ccc(OCCN2c3ccccc3Oc3ccccc32)cc1)C(=O)O.CCOC(Cc1ccc(OCCc2ccc(OS(C)(=O)=O)cc2)cc1)C(=O)O.COc1ccc(OC(=O)N(CC(=O)O)Cc2ccc(OCCc3nc(-c4ccccc4)oc3C)cc2)cc1.O=C1NC(=O)C(Cc2cnc3cc(OCc4ccccc4)ccc3c2)S1. The number of nitrogens with one attached hydrogen (secondary N) is 1. The zero-order valence-corrected chi connectivity index (χ0v) is 69.8. The average molecular weight is 1710 g/mol. The molecule has 0 spiro atoms. The van der Waals surface area contributed by atoms with Crippen molar-refractivity contribution in [1.82, 2.24) is 20.2 Å². The first-order chi connectivity index (χ1) is 59.5. The fraction of sp³-hybridized carbons (Fsp3) is 0.234. The number of amides is 3. The quantitative estimate of drug-likeness (QED) is 0.0265. The fourth-order valence-corrected chi connectivity index (χ4v) is 14.0. The summed E-state index contributed by atoms with van der Waals surface area (Å²) in [6.45, 7) is 8.20. The molecule has 12 aromatic rings. The van der Waals surface area contributed by atoms with E-state index in [1.54, 1.807) is 105 Å². The van der Waals surface area contributed by atoms with E-state index in [9.17, 15) is 47.4 Å². The number of anilines is 2. The Morgan fingerprint density at radius 1 is 0.561 bits per heavy atom. The van der Waals surface area contributed by atoms with Gasteiger partial charge in [-0.2, -0.15) is 8.42 Å². The Balaban J connectivity index is 0.000000161. The van der Waals surface area contributed by atoms with E-state index >= 15 is 0 Å². The van der Waals surface area contributed by atoms with Gasteiger partial charge in [-0.25, -0.2) is 19.4 Å². The molecule has 4 heterocycles. The lowest BCUT2D eigenvalue weighted by Gasteiger charge is -2.32. The Kier molecular flexibility index (Phi) is 33.0. The molecule has 1 fully saturated rings. The number of aliphatic carboxylic acids is 3. The van der Waals surface area contributed by atoms with Gasteiger partial charge in [0.15, 0.2) is 23.7 Å². The topological polar surface area (TPSA) is 347 Å². The summed E-state index contributed by atoms with van der Waals surface area (Å²) in [6.07, 6.45) is 2.62. The molecular weight excluding hydrogens is 1620 g/mol. The highest BCUT2D eigenvalue weighted by atomic mass is 32.2. The number of rotatable bonds is 36. The molecule has 0 aliphatic carbocycles. The number of carbonyl (C=O) groups excluding carboxylic acids is 3. The van der Waals surface area contributed by atoms with Crippen LogP contribution in [0.25, 0.3) is 22.4 Å². The van der Waals surface area contributed by atoms with Crippen LogP contribution in [0, 0.1) is 6.92 Å². The molecule has 3 amide bonds. The number of benzene rings is 10. The fourth-order valence-electron chi connectivity index (χ4n) is 12.7. The van der Waals surface area contributed by atoms with Crippen LogP contribution in [0.3, 0.4) is 0 Å². The second kappa shape index (κ2) is 45.1. The Hall–Kier alpha value is -13.7. The number of para-hydroxylation sites is 4. The predicted octanol–water partition coefficient (Wildman–Crippen LogP) is 16.8. The largest absolute Gasteiger partial charge is 0.497 e. The Labute approximate surface area is 716 Å². The van der Waals surface area contributed by atoms with Crippen molar-refractivity contribution in [2.45, 2.75) is 83.5 Å². The molecule has 2 aliphatic rings. The van der Waals surface area contributed by atoms with Gasteiger partial charge >= 0.3 is 34.1 Å². The number of methoxy groups -OCH3 is 1. The summed E-state index contributed by atoms with van der Waals surface area (Å²) >= 11 is 1.03. The first-order valence-corrected chi connectivity index (χ1v) is 42.1. The van der Waals surface area contributed by atoms with Crippen LogP contribution in [0.5, 0.6) is 51.7 Å². The molecule has 10 aromatic carbocycles. The second-order valence-corrected chi connectivity index (χ2v) is 30.6. The Bertz CT molecular complexity index is 5550. The van der Waals surface area contributed by atoms with Crippen molar-refractivity contribution in [1.29, 1.82) is 0 Å². The van der Waals surface area contributed by atoms with Crippen LogP contribution in [-0.2, 0) is 84.0 Å². The molecule has 3 atom stereocenters.